The number of hydrogen-bond donors (Lipinski definition) is 1. The highest BCUT2D eigenvalue weighted by atomic mass is 14.9. The molecule has 1 nitrogen and oxygen atoms in total. The first-order valence-corrected chi connectivity index (χ1v) is 5.16. The van der Waals surface area contributed by atoms with Gasteiger partial charge < -0.3 is 5.32 Å². The lowest BCUT2D eigenvalue weighted by molar-refractivity contribution is 0.588. The lowest BCUT2D eigenvalue weighted by Crippen LogP contribution is -2.31. The summed E-state index contributed by atoms with van der Waals surface area (Å²) >= 11 is 0. The Morgan fingerprint density at radius 3 is 2.50 bits per heavy atom. The standard InChI is InChI=1S/C13H19N/c1-4-14-13(11(2)3)10-12-8-6-5-7-9-12/h5-9,13-14H,2,4,10H2,1,3H3. The molecule has 14 heavy (non-hydrogen) atoms. The number of benzene rings is 1. The van der Waals surface area contributed by atoms with Gasteiger partial charge >= 0.3 is 0 Å². The molecule has 1 heteroatoms. The molecule has 0 aliphatic carbocycles. The van der Waals surface area contributed by atoms with E-state index in [4.69, 9.17) is 0 Å². The van der Waals surface area contributed by atoms with E-state index in [1.54, 1.807) is 0 Å². The molecule has 0 fully saturated rings. The van der Waals surface area contributed by atoms with Crippen LogP contribution in [0.5, 0.6) is 0 Å². The summed E-state index contributed by atoms with van der Waals surface area (Å²) in [7, 11) is 0. The number of hydrogen-bond acceptors (Lipinski definition) is 1. The molecule has 76 valence electrons. The first kappa shape index (κ1) is 11.0. The van der Waals surface area contributed by atoms with Crippen LogP contribution in [-0.2, 0) is 6.42 Å². The second-order valence-electron chi connectivity index (χ2n) is 3.65. The van der Waals surface area contributed by atoms with Gasteiger partial charge in [-0.05, 0) is 25.5 Å². The molecule has 1 N–H and O–H groups in total. The summed E-state index contributed by atoms with van der Waals surface area (Å²) in [4.78, 5) is 0. The van der Waals surface area contributed by atoms with Crippen LogP contribution in [0.3, 0.4) is 0 Å². The van der Waals surface area contributed by atoms with Crippen LogP contribution >= 0.6 is 0 Å². The van der Waals surface area contributed by atoms with Crippen LogP contribution in [0.1, 0.15) is 19.4 Å². The van der Waals surface area contributed by atoms with E-state index in [1.165, 1.54) is 11.1 Å². The lowest BCUT2D eigenvalue weighted by Gasteiger charge is -2.17. The first-order valence-electron chi connectivity index (χ1n) is 5.16. The van der Waals surface area contributed by atoms with Crippen molar-refractivity contribution in [3.05, 3.63) is 48.0 Å². The van der Waals surface area contributed by atoms with Crippen LogP contribution in [0.25, 0.3) is 0 Å². The zero-order valence-electron chi connectivity index (χ0n) is 9.09. The van der Waals surface area contributed by atoms with Gasteiger partial charge in [0, 0.05) is 6.04 Å². The van der Waals surface area contributed by atoms with Crippen molar-refractivity contribution in [1.29, 1.82) is 0 Å². The summed E-state index contributed by atoms with van der Waals surface area (Å²) in [6.07, 6.45) is 1.03. The Morgan fingerprint density at radius 2 is 2.00 bits per heavy atom. The third-order valence-electron chi connectivity index (χ3n) is 2.33. The molecule has 1 atom stereocenters. The van der Waals surface area contributed by atoms with Gasteiger partial charge in [0.2, 0.25) is 0 Å². The normalized spacial score (nSPS) is 12.4. The molecule has 1 aromatic carbocycles. The van der Waals surface area contributed by atoms with Crippen LogP contribution < -0.4 is 5.32 Å². The van der Waals surface area contributed by atoms with Gasteiger partial charge in [0.05, 0.1) is 0 Å². The highest BCUT2D eigenvalue weighted by Crippen LogP contribution is 2.08. The van der Waals surface area contributed by atoms with Crippen molar-refractivity contribution in [2.75, 3.05) is 6.54 Å². The fourth-order valence-corrected chi connectivity index (χ4v) is 1.52. The summed E-state index contributed by atoms with van der Waals surface area (Å²) in [5, 5.41) is 3.43. The topological polar surface area (TPSA) is 12.0 Å². The zero-order valence-corrected chi connectivity index (χ0v) is 9.09. The Hall–Kier alpha value is -1.08. The second-order valence-corrected chi connectivity index (χ2v) is 3.65. The molecule has 0 aromatic heterocycles. The minimum absolute atomic E-state index is 0.405. The van der Waals surface area contributed by atoms with Crippen molar-refractivity contribution in [1.82, 2.24) is 5.32 Å². The summed E-state index contributed by atoms with van der Waals surface area (Å²) in [5.41, 5.74) is 2.57. The Morgan fingerprint density at radius 1 is 1.36 bits per heavy atom. The molecule has 1 rings (SSSR count). The van der Waals surface area contributed by atoms with E-state index < -0.39 is 0 Å². The van der Waals surface area contributed by atoms with Gasteiger partial charge in [0.25, 0.3) is 0 Å². The van der Waals surface area contributed by atoms with Crippen LogP contribution in [0.4, 0.5) is 0 Å². The average molecular weight is 189 g/mol. The quantitative estimate of drug-likeness (QED) is 0.702. The van der Waals surface area contributed by atoms with E-state index >= 15 is 0 Å². The van der Waals surface area contributed by atoms with Gasteiger partial charge in [-0.1, -0.05) is 49.4 Å². The molecule has 0 saturated carbocycles. The Balaban J connectivity index is 2.60. The monoisotopic (exact) mass is 189 g/mol. The van der Waals surface area contributed by atoms with E-state index in [2.05, 4.69) is 50.0 Å². The third-order valence-corrected chi connectivity index (χ3v) is 2.33. The Bertz CT molecular complexity index is 277. The summed E-state index contributed by atoms with van der Waals surface area (Å²) in [6, 6.07) is 10.9. The SMILES string of the molecule is C=C(C)C(Cc1ccccc1)NCC. The molecule has 0 saturated heterocycles. The van der Waals surface area contributed by atoms with Crippen molar-refractivity contribution in [2.24, 2.45) is 0 Å². The van der Waals surface area contributed by atoms with Gasteiger partial charge in [0.15, 0.2) is 0 Å². The first-order chi connectivity index (χ1) is 6.74. The van der Waals surface area contributed by atoms with Crippen LogP contribution in [0.2, 0.25) is 0 Å². The predicted molar refractivity (Wildman–Crippen MR) is 62.4 cm³/mol. The molecular formula is C13H19N. The van der Waals surface area contributed by atoms with E-state index in [-0.39, 0.29) is 0 Å². The predicted octanol–water partition coefficient (Wildman–Crippen LogP) is 2.78. The van der Waals surface area contributed by atoms with E-state index in [0.29, 0.717) is 6.04 Å². The highest BCUT2D eigenvalue weighted by molar-refractivity contribution is 5.19. The van der Waals surface area contributed by atoms with Crippen molar-refractivity contribution in [3.8, 4) is 0 Å². The van der Waals surface area contributed by atoms with Crippen molar-refractivity contribution < 1.29 is 0 Å². The lowest BCUT2D eigenvalue weighted by atomic mass is 10.0. The van der Waals surface area contributed by atoms with Gasteiger partial charge in [-0.25, -0.2) is 0 Å². The maximum Gasteiger partial charge on any atom is 0.0314 e. The number of nitrogens with one attached hydrogen (secondary N) is 1. The van der Waals surface area contributed by atoms with Crippen LogP contribution in [0, 0.1) is 0 Å². The largest absolute Gasteiger partial charge is 0.310 e. The second kappa shape index (κ2) is 5.61. The number of rotatable bonds is 5. The number of likely N-dealkylation sites (N-methyl/N-ethyl adjacent to an activating group) is 1. The van der Waals surface area contributed by atoms with Crippen molar-refractivity contribution >= 4 is 0 Å². The molecule has 1 aromatic rings. The third kappa shape index (κ3) is 3.35. The molecule has 0 spiro atoms. The van der Waals surface area contributed by atoms with E-state index in [1.807, 2.05) is 6.07 Å². The van der Waals surface area contributed by atoms with E-state index in [9.17, 15) is 0 Å². The smallest absolute Gasteiger partial charge is 0.0314 e. The molecule has 0 amide bonds. The fourth-order valence-electron chi connectivity index (χ4n) is 1.52. The molecular weight excluding hydrogens is 170 g/mol. The van der Waals surface area contributed by atoms with Crippen LogP contribution in [-0.4, -0.2) is 12.6 Å². The molecule has 0 heterocycles. The van der Waals surface area contributed by atoms with Gasteiger partial charge in [-0.15, -0.1) is 0 Å². The molecule has 0 radical (unpaired) electrons. The minimum atomic E-state index is 0.405. The highest BCUT2D eigenvalue weighted by Gasteiger charge is 2.07. The van der Waals surface area contributed by atoms with Gasteiger partial charge in [-0.3, -0.25) is 0 Å². The Labute approximate surface area is 86.8 Å². The average Bonchev–Trinajstić information content (AvgIpc) is 2.18. The molecule has 0 aliphatic heterocycles. The molecule has 0 bridgehead atoms. The Kier molecular flexibility index (Phi) is 4.41. The maximum absolute atomic E-state index is 4.01. The zero-order chi connectivity index (χ0) is 10.4. The molecule has 0 aliphatic rings. The summed E-state index contributed by atoms with van der Waals surface area (Å²) < 4.78 is 0. The van der Waals surface area contributed by atoms with Gasteiger partial charge in [0.1, 0.15) is 0 Å². The minimum Gasteiger partial charge on any atom is -0.310 e. The van der Waals surface area contributed by atoms with E-state index in [0.717, 1.165) is 13.0 Å². The van der Waals surface area contributed by atoms with Crippen molar-refractivity contribution in [3.63, 3.8) is 0 Å². The van der Waals surface area contributed by atoms with Crippen LogP contribution in [0.15, 0.2) is 42.5 Å². The summed E-state index contributed by atoms with van der Waals surface area (Å²) in [6.45, 7) is 9.20. The maximum atomic E-state index is 4.01. The summed E-state index contributed by atoms with van der Waals surface area (Å²) in [5.74, 6) is 0. The molecule has 1 unspecified atom stereocenters. The fraction of sp³-hybridized carbons (Fsp3) is 0.385. The van der Waals surface area contributed by atoms with Gasteiger partial charge in [-0.2, -0.15) is 0 Å². The van der Waals surface area contributed by atoms with Crippen molar-refractivity contribution in [2.45, 2.75) is 26.3 Å².